The summed E-state index contributed by atoms with van der Waals surface area (Å²) in [5.74, 6) is 1.45. The second-order valence-electron chi connectivity index (χ2n) is 8.23. The number of benzene rings is 1. The Morgan fingerprint density at radius 1 is 0.966 bits per heavy atom. The first-order valence-electron chi connectivity index (χ1n) is 10.5. The van der Waals surface area contributed by atoms with Gasteiger partial charge in [0.15, 0.2) is 11.5 Å². The lowest BCUT2D eigenvalue weighted by Crippen LogP contribution is -2.51. The highest BCUT2D eigenvalue weighted by Crippen LogP contribution is 2.30. The Morgan fingerprint density at radius 3 is 2.21 bits per heavy atom. The highest BCUT2D eigenvalue weighted by Gasteiger charge is 2.31. The number of carbonyl (C=O) groups excluding carboxylic acids is 2. The van der Waals surface area contributed by atoms with Gasteiger partial charge in [-0.15, -0.1) is 0 Å². The maximum Gasteiger partial charge on any atom is 0.253 e. The smallest absolute Gasteiger partial charge is 0.253 e. The molecule has 29 heavy (non-hydrogen) atoms. The minimum Gasteiger partial charge on any atom is -0.493 e. The van der Waals surface area contributed by atoms with E-state index in [-0.39, 0.29) is 23.8 Å². The van der Waals surface area contributed by atoms with Crippen molar-refractivity contribution >= 4 is 11.8 Å². The van der Waals surface area contributed by atoms with E-state index in [2.05, 4.69) is 11.9 Å². The number of carbonyl (C=O) groups is 2. The van der Waals surface area contributed by atoms with Gasteiger partial charge < -0.3 is 24.2 Å². The fourth-order valence-electron chi connectivity index (χ4n) is 3.95. The Kier molecular flexibility index (Phi) is 7.00. The maximum absolute atomic E-state index is 12.9. The van der Waals surface area contributed by atoms with E-state index in [1.807, 2.05) is 23.6 Å². The SMILES string of the molecule is COc1cc(C(=O)N2CCC(C(=O)N3CCN(C)CC3)CC2)ccc1OC(C)C. The molecule has 3 rings (SSSR count). The van der Waals surface area contributed by atoms with Gasteiger partial charge in [-0.1, -0.05) is 0 Å². The molecule has 2 amide bonds. The van der Waals surface area contributed by atoms with Crippen LogP contribution >= 0.6 is 0 Å². The fourth-order valence-corrected chi connectivity index (χ4v) is 3.95. The third-order valence-electron chi connectivity index (χ3n) is 5.72. The van der Waals surface area contributed by atoms with Crippen molar-refractivity contribution in [1.82, 2.24) is 14.7 Å². The van der Waals surface area contributed by atoms with Gasteiger partial charge in [-0.3, -0.25) is 9.59 Å². The van der Waals surface area contributed by atoms with Crippen LogP contribution in [0.25, 0.3) is 0 Å². The van der Waals surface area contributed by atoms with E-state index in [9.17, 15) is 9.59 Å². The van der Waals surface area contributed by atoms with Crippen molar-refractivity contribution in [3.63, 3.8) is 0 Å². The van der Waals surface area contributed by atoms with Crippen molar-refractivity contribution < 1.29 is 19.1 Å². The van der Waals surface area contributed by atoms with Crippen molar-refractivity contribution in [3.05, 3.63) is 23.8 Å². The number of ether oxygens (including phenoxy) is 2. The van der Waals surface area contributed by atoms with Gasteiger partial charge in [-0.2, -0.15) is 0 Å². The summed E-state index contributed by atoms with van der Waals surface area (Å²) in [7, 11) is 3.66. The molecule has 0 bridgehead atoms. The summed E-state index contributed by atoms with van der Waals surface area (Å²) in [6.45, 7) is 8.59. The number of amides is 2. The summed E-state index contributed by atoms with van der Waals surface area (Å²) in [5.41, 5.74) is 0.585. The van der Waals surface area contributed by atoms with Crippen molar-refractivity contribution in [1.29, 1.82) is 0 Å². The van der Waals surface area contributed by atoms with E-state index in [1.54, 1.807) is 25.3 Å². The Labute approximate surface area is 173 Å². The molecule has 0 aromatic heterocycles. The van der Waals surface area contributed by atoms with Gasteiger partial charge in [0.25, 0.3) is 5.91 Å². The summed E-state index contributed by atoms with van der Waals surface area (Å²) in [5, 5.41) is 0. The van der Waals surface area contributed by atoms with E-state index in [0.717, 1.165) is 39.0 Å². The van der Waals surface area contributed by atoms with E-state index in [0.29, 0.717) is 30.2 Å². The first-order chi connectivity index (χ1) is 13.9. The van der Waals surface area contributed by atoms with Crippen LogP contribution in [-0.4, -0.2) is 86.0 Å². The van der Waals surface area contributed by atoms with Gasteiger partial charge in [-0.25, -0.2) is 0 Å². The number of likely N-dealkylation sites (tertiary alicyclic amines) is 1. The molecule has 7 heteroatoms. The summed E-state index contributed by atoms with van der Waals surface area (Å²) < 4.78 is 11.1. The predicted molar refractivity (Wildman–Crippen MR) is 111 cm³/mol. The molecule has 7 nitrogen and oxygen atoms in total. The van der Waals surface area contributed by atoms with Crippen LogP contribution in [0.3, 0.4) is 0 Å². The van der Waals surface area contributed by atoms with Gasteiger partial charge in [0.2, 0.25) is 5.91 Å². The zero-order chi connectivity index (χ0) is 21.0. The average Bonchev–Trinajstić information content (AvgIpc) is 2.73. The third-order valence-corrected chi connectivity index (χ3v) is 5.72. The van der Waals surface area contributed by atoms with Crippen LogP contribution in [0.15, 0.2) is 18.2 Å². The molecule has 2 aliphatic rings. The molecule has 0 unspecified atom stereocenters. The number of hydrogen-bond acceptors (Lipinski definition) is 5. The van der Waals surface area contributed by atoms with Gasteiger partial charge in [0.1, 0.15) is 0 Å². The Hall–Kier alpha value is -2.28. The quantitative estimate of drug-likeness (QED) is 0.754. The van der Waals surface area contributed by atoms with Crippen LogP contribution < -0.4 is 9.47 Å². The minimum absolute atomic E-state index is 0.0232. The average molecular weight is 404 g/mol. The van der Waals surface area contributed by atoms with Crippen LogP contribution in [-0.2, 0) is 4.79 Å². The Balaban J connectivity index is 1.58. The molecular formula is C22H33N3O4. The minimum atomic E-state index is -0.0232. The van der Waals surface area contributed by atoms with Gasteiger partial charge in [0.05, 0.1) is 13.2 Å². The lowest BCUT2D eigenvalue weighted by atomic mass is 9.94. The van der Waals surface area contributed by atoms with Gasteiger partial charge >= 0.3 is 0 Å². The number of piperazine rings is 1. The molecule has 160 valence electrons. The summed E-state index contributed by atoms with van der Waals surface area (Å²) in [4.78, 5) is 31.8. The number of nitrogens with zero attached hydrogens (tertiary/aromatic N) is 3. The summed E-state index contributed by atoms with van der Waals surface area (Å²) in [6.07, 6.45) is 1.48. The Bertz CT molecular complexity index is 721. The van der Waals surface area contributed by atoms with Crippen LogP contribution in [0, 0.1) is 5.92 Å². The molecule has 0 atom stereocenters. The molecule has 2 saturated heterocycles. The standard InChI is InChI=1S/C22H33N3O4/c1-16(2)29-19-6-5-18(15-20(19)28-4)22(27)24-9-7-17(8-10-24)21(26)25-13-11-23(3)12-14-25/h5-6,15-17H,7-14H2,1-4H3. The number of hydrogen-bond donors (Lipinski definition) is 0. The number of rotatable bonds is 5. The normalized spacial score (nSPS) is 18.8. The third kappa shape index (κ3) is 5.21. The largest absolute Gasteiger partial charge is 0.493 e. The van der Waals surface area contributed by atoms with Crippen molar-refractivity contribution in [2.45, 2.75) is 32.8 Å². The molecule has 1 aromatic carbocycles. The number of piperidine rings is 1. The van der Waals surface area contributed by atoms with Crippen LogP contribution in [0.5, 0.6) is 11.5 Å². The zero-order valence-corrected chi connectivity index (χ0v) is 18.0. The topological polar surface area (TPSA) is 62.3 Å². The second kappa shape index (κ2) is 9.48. The van der Waals surface area contributed by atoms with E-state index in [4.69, 9.17) is 9.47 Å². The van der Waals surface area contributed by atoms with Crippen molar-refractivity contribution in [3.8, 4) is 11.5 Å². The molecule has 0 saturated carbocycles. The Morgan fingerprint density at radius 2 is 1.62 bits per heavy atom. The predicted octanol–water partition coefficient (Wildman–Crippen LogP) is 2.11. The van der Waals surface area contributed by atoms with Crippen LogP contribution in [0.4, 0.5) is 0 Å². The van der Waals surface area contributed by atoms with E-state index >= 15 is 0 Å². The number of likely N-dealkylation sites (N-methyl/N-ethyl adjacent to an activating group) is 1. The maximum atomic E-state index is 12.9. The van der Waals surface area contributed by atoms with Gasteiger partial charge in [-0.05, 0) is 51.9 Å². The molecule has 0 spiro atoms. The summed E-state index contributed by atoms with van der Waals surface area (Å²) >= 11 is 0. The molecular weight excluding hydrogens is 370 g/mol. The molecule has 1 aromatic rings. The molecule has 2 heterocycles. The first-order valence-corrected chi connectivity index (χ1v) is 10.5. The molecule has 2 fully saturated rings. The second-order valence-corrected chi connectivity index (χ2v) is 8.23. The monoisotopic (exact) mass is 403 g/mol. The fraction of sp³-hybridized carbons (Fsp3) is 0.636. The molecule has 0 radical (unpaired) electrons. The van der Waals surface area contributed by atoms with E-state index in [1.165, 1.54) is 0 Å². The van der Waals surface area contributed by atoms with Crippen molar-refractivity contribution in [2.75, 3.05) is 53.4 Å². The molecule has 0 N–H and O–H groups in total. The van der Waals surface area contributed by atoms with Crippen LogP contribution in [0.2, 0.25) is 0 Å². The van der Waals surface area contributed by atoms with Crippen LogP contribution in [0.1, 0.15) is 37.0 Å². The number of methoxy groups -OCH3 is 1. The first kappa shape index (κ1) is 21.4. The van der Waals surface area contributed by atoms with Gasteiger partial charge in [0, 0.05) is 50.7 Å². The van der Waals surface area contributed by atoms with Crippen molar-refractivity contribution in [2.24, 2.45) is 5.92 Å². The van der Waals surface area contributed by atoms with E-state index < -0.39 is 0 Å². The molecule has 0 aliphatic carbocycles. The highest BCUT2D eigenvalue weighted by atomic mass is 16.5. The lowest BCUT2D eigenvalue weighted by Gasteiger charge is -2.37. The lowest BCUT2D eigenvalue weighted by molar-refractivity contribution is -0.138. The summed E-state index contributed by atoms with van der Waals surface area (Å²) in [6, 6.07) is 5.31. The zero-order valence-electron chi connectivity index (χ0n) is 18.0. The highest BCUT2D eigenvalue weighted by molar-refractivity contribution is 5.95. The molecule has 2 aliphatic heterocycles.